The number of rotatable bonds is 3. The van der Waals surface area contributed by atoms with E-state index in [0.29, 0.717) is 5.95 Å². The maximum Gasteiger partial charge on any atom is 0.200 e. The van der Waals surface area contributed by atoms with E-state index in [9.17, 15) is 0 Å². The van der Waals surface area contributed by atoms with Crippen molar-refractivity contribution in [3.05, 3.63) is 11.9 Å². The number of hydrogen-bond donors (Lipinski definition) is 1. The Morgan fingerprint density at radius 1 is 1.31 bits per heavy atom. The summed E-state index contributed by atoms with van der Waals surface area (Å²) in [6.07, 6.45) is 2.06. The summed E-state index contributed by atoms with van der Waals surface area (Å²) in [5.74, 6) is 0.631. The van der Waals surface area contributed by atoms with E-state index in [1.165, 1.54) is 0 Å². The van der Waals surface area contributed by atoms with E-state index < -0.39 is 0 Å². The Morgan fingerprint density at radius 2 is 2.00 bits per heavy atom. The smallest absolute Gasteiger partial charge is 0.200 e. The standard InChI is InChI=1S/C11H21N5/c1-3-16-9-10(13-11(16)12)8-15-6-4-14(2)5-7-15/h9H,3-8H2,1-2H3,(H2,12,13). The molecule has 2 heterocycles. The Balaban J connectivity index is 1.93. The van der Waals surface area contributed by atoms with E-state index in [1.54, 1.807) is 0 Å². The van der Waals surface area contributed by atoms with Gasteiger partial charge in [0.2, 0.25) is 0 Å². The molecule has 0 radical (unpaired) electrons. The molecule has 0 aromatic carbocycles. The number of nitrogens with two attached hydrogens (primary N) is 1. The van der Waals surface area contributed by atoms with Crippen molar-refractivity contribution in [3.8, 4) is 0 Å². The molecule has 0 aliphatic carbocycles. The fraction of sp³-hybridized carbons (Fsp3) is 0.727. The number of likely N-dealkylation sites (N-methyl/N-ethyl adjacent to an activating group) is 1. The van der Waals surface area contributed by atoms with Gasteiger partial charge in [-0.25, -0.2) is 4.98 Å². The first-order valence-corrected chi connectivity index (χ1v) is 5.91. The van der Waals surface area contributed by atoms with Crippen molar-refractivity contribution in [2.75, 3.05) is 39.0 Å². The lowest BCUT2D eigenvalue weighted by Crippen LogP contribution is -2.43. The van der Waals surface area contributed by atoms with Crippen molar-refractivity contribution in [1.29, 1.82) is 0 Å². The number of piperazine rings is 1. The van der Waals surface area contributed by atoms with Crippen LogP contribution in [-0.2, 0) is 13.1 Å². The molecular weight excluding hydrogens is 202 g/mol. The zero-order valence-electron chi connectivity index (χ0n) is 10.2. The number of hydrogen-bond acceptors (Lipinski definition) is 4. The third-order valence-electron chi connectivity index (χ3n) is 3.18. The van der Waals surface area contributed by atoms with Crippen LogP contribution < -0.4 is 5.73 Å². The van der Waals surface area contributed by atoms with Gasteiger partial charge in [-0.15, -0.1) is 0 Å². The van der Waals surface area contributed by atoms with Gasteiger partial charge in [0.1, 0.15) is 0 Å². The minimum absolute atomic E-state index is 0.631. The van der Waals surface area contributed by atoms with Gasteiger partial charge in [-0.1, -0.05) is 0 Å². The van der Waals surface area contributed by atoms with Gasteiger partial charge in [0.05, 0.1) is 5.69 Å². The van der Waals surface area contributed by atoms with Gasteiger partial charge in [-0.05, 0) is 14.0 Å². The fourth-order valence-electron chi connectivity index (χ4n) is 2.05. The van der Waals surface area contributed by atoms with Crippen molar-refractivity contribution in [2.45, 2.75) is 20.0 Å². The molecule has 1 aromatic rings. The first-order valence-electron chi connectivity index (χ1n) is 5.91. The zero-order chi connectivity index (χ0) is 11.5. The number of nitrogens with zero attached hydrogens (tertiary/aromatic N) is 4. The summed E-state index contributed by atoms with van der Waals surface area (Å²) in [5.41, 5.74) is 6.89. The van der Waals surface area contributed by atoms with Crippen LogP contribution in [0.4, 0.5) is 5.95 Å². The highest BCUT2D eigenvalue weighted by Crippen LogP contribution is 2.09. The minimum atomic E-state index is 0.631. The fourth-order valence-corrected chi connectivity index (χ4v) is 2.05. The van der Waals surface area contributed by atoms with Crippen LogP contribution in [0.5, 0.6) is 0 Å². The molecule has 0 atom stereocenters. The minimum Gasteiger partial charge on any atom is -0.369 e. The summed E-state index contributed by atoms with van der Waals surface area (Å²) in [6.45, 7) is 8.42. The molecule has 1 saturated heterocycles. The van der Waals surface area contributed by atoms with E-state index in [0.717, 1.165) is 45.0 Å². The first-order chi connectivity index (χ1) is 7.69. The van der Waals surface area contributed by atoms with Gasteiger partial charge in [-0.2, -0.15) is 0 Å². The highest BCUT2D eigenvalue weighted by molar-refractivity contribution is 5.21. The lowest BCUT2D eigenvalue weighted by atomic mass is 10.3. The highest BCUT2D eigenvalue weighted by atomic mass is 15.3. The molecule has 1 aromatic heterocycles. The molecule has 0 saturated carbocycles. The van der Waals surface area contributed by atoms with E-state index in [4.69, 9.17) is 5.73 Å². The van der Waals surface area contributed by atoms with Crippen LogP contribution in [0.2, 0.25) is 0 Å². The molecule has 0 amide bonds. The molecule has 1 aliphatic heterocycles. The van der Waals surface area contributed by atoms with Crippen LogP contribution >= 0.6 is 0 Å². The molecule has 2 N–H and O–H groups in total. The lowest BCUT2D eigenvalue weighted by Gasteiger charge is -2.31. The predicted octanol–water partition coefficient (Wildman–Crippen LogP) is 0.233. The van der Waals surface area contributed by atoms with Gasteiger partial charge < -0.3 is 15.2 Å². The average Bonchev–Trinajstić information content (AvgIpc) is 2.62. The second-order valence-electron chi connectivity index (χ2n) is 4.46. The van der Waals surface area contributed by atoms with E-state index >= 15 is 0 Å². The normalized spacial score (nSPS) is 19.1. The molecule has 0 bridgehead atoms. The number of imidazole rings is 1. The Morgan fingerprint density at radius 3 is 2.56 bits per heavy atom. The molecule has 16 heavy (non-hydrogen) atoms. The van der Waals surface area contributed by atoms with Crippen molar-refractivity contribution in [2.24, 2.45) is 0 Å². The summed E-state index contributed by atoms with van der Waals surface area (Å²) in [6, 6.07) is 0. The second-order valence-corrected chi connectivity index (χ2v) is 4.46. The topological polar surface area (TPSA) is 50.3 Å². The summed E-state index contributed by atoms with van der Waals surface area (Å²) in [7, 11) is 2.17. The Labute approximate surface area is 96.8 Å². The largest absolute Gasteiger partial charge is 0.369 e. The van der Waals surface area contributed by atoms with Crippen LogP contribution in [-0.4, -0.2) is 52.6 Å². The van der Waals surface area contributed by atoms with Crippen LogP contribution in [0, 0.1) is 0 Å². The van der Waals surface area contributed by atoms with Crippen LogP contribution in [0.15, 0.2) is 6.20 Å². The van der Waals surface area contributed by atoms with Crippen LogP contribution in [0.3, 0.4) is 0 Å². The average molecular weight is 223 g/mol. The van der Waals surface area contributed by atoms with Gasteiger partial charge in [0, 0.05) is 45.5 Å². The van der Waals surface area contributed by atoms with E-state index in [1.807, 2.05) is 4.57 Å². The molecule has 90 valence electrons. The highest BCUT2D eigenvalue weighted by Gasteiger charge is 2.15. The molecule has 2 rings (SSSR count). The van der Waals surface area contributed by atoms with Crippen LogP contribution in [0.25, 0.3) is 0 Å². The second kappa shape index (κ2) is 4.84. The van der Waals surface area contributed by atoms with Gasteiger partial charge in [0.15, 0.2) is 5.95 Å². The third-order valence-corrected chi connectivity index (χ3v) is 3.18. The van der Waals surface area contributed by atoms with E-state index in [2.05, 4.69) is 35.0 Å². The van der Waals surface area contributed by atoms with Crippen LogP contribution in [0.1, 0.15) is 12.6 Å². The van der Waals surface area contributed by atoms with Gasteiger partial charge >= 0.3 is 0 Å². The third kappa shape index (κ3) is 2.54. The Bertz CT molecular complexity index is 338. The molecule has 0 unspecified atom stereocenters. The monoisotopic (exact) mass is 223 g/mol. The maximum atomic E-state index is 5.80. The summed E-state index contributed by atoms with van der Waals surface area (Å²) < 4.78 is 1.99. The Kier molecular flexibility index (Phi) is 3.46. The van der Waals surface area contributed by atoms with Gasteiger partial charge in [-0.3, -0.25) is 4.90 Å². The lowest BCUT2D eigenvalue weighted by molar-refractivity contribution is 0.147. The molecule has 1 fully saturated rings. The molecule has 1 aliphatic rings. The number of aryl methyl sites for hydroxylation is 1. The van der Waals surface area contributed by atoms with Crippen molar-refractivity contribution >= 4 is 5.95 Å². The van der Waals surface area contributed by atoms with Crippen molar-refractivity contribution < 1.29 is 0 Å². The molecule has 5 heteroatoms. The SMILES string of the molecule is CCn1cc(CN2CCN(C)CC2)nc1N. The number of nitrogen functional groups attached to an aromatic ring is 1. The zero-order valence-corrected chi connectivity index (χ0v) is 10.2. The predicted molar refractivity (Wildman–Crippen MR) is 65.1 cm³/mol. The first kappa shape index (κ1) is 11.4. The summed E-state index contributed by atoms with van der Waals surface area (Å²) >= 11 is 0. The van der Waals surface area contributed by atoms with Gasteiger partial charge in [0.25, 0.3) is 0 Å². The Hall–Kier alpha value is -1.07. The van der Waals surface area contributed by atoms with Crippen molar-refractivity contribution in [3.63, 3.8) is 0 Å². The maximum absolute atomic E-state index is 5.80. The summed E-state index contributed by atoms with van der Waals surface area (Å²) in [5, 5.41) is 0. The summed E-state index contributed by atoms with van der Waals surface area (Å²) in [4.78, 5) is 9.17. The van der Waals surface area contributed by atoms with Crippen molar-refractivity contribution in [1.82, 2.24) is 19.4 Å². The van der Waals surface area contributed by atoms with E-state index in [-0.39, 0.29) is 0 Å². The number of anilines is 1. The quantitative estimate of drug-likeness (QED) is 0.797. The molecule has 5 nitrogen and oxygen atoms in total. The molecule has 0 spiro atoms. The number of aromatic nitrogens is 2. The molecular formula is C11H21N5.